The fraction of sp³-hybridized carbons (Fsp3) is 0.286. The molecule has 2 aromatic rings. The Morgan fingerprint density at radius 1 is 1.21 bits per heavy atom. The van der Waals surface area contributed by atoms with Crippen molar-refractivity contribution < 1.29 is 4.74 Å². The molecule has 0 radical (unpaired) electrons. The number of anilines is 1. The fourth-order valence-electron chi connectivity index (χ4n) is 1.80. The summed E-state index contributed by atoms with van der Waals surface area (Å²) in [6.07, 6.45) is 0. The maximum Gasteiger partial charge on any atom is 0.163 e. The van der Waals surface area contributed by atoms with Gasteiger partial charge < -0.3 is 10.1 Å². The molecule has 1 aromatic carbocycles. The molecule has 0 bridgehead atoms. The molecular weight excluding hydrogens is 306 g/mol. The van der Waals surface area contributed by atoms with E-state index in [1.54, 1.807) is 7.11 Å². The summed E-state index contributed by atoms with van der Waals surface area (Å²) in [6.45, 7) is 3.99. The fourth-order valence-corrected chi connectivity index (χ4v) is 2.22. The number of benzene rings is 1. The minimum atomic E-state index is 0.679. The Bertz CT molecular complexity index is 614. The molecule has 0 unspecified atom stereocenters. The number of aryl methyl sites for hydroxylation is 1. The van der Waals surface area contributed by atoms with Gasteiger partial charge in [0.2, 0.25) is 0 Å². The summed E-state index contributed by atoms with van der Waals surface area (Å²) < 4.78 is 6.19. The van der Waals surface area contributed by atoms with Gasteiger partial charge in [-0.2, -0.15) is 0 Å². The third kappa shape index (κ3) is 2.71. The number of ether oxygens (including phenoxy) is 1. The first-order chi connectivity index (χ1) is 9.06. The van der Waals surface area contributed by atoms with E-state index in [9.17, 15) is 0 Å². The first kappa shape index (κ1) is 13.8. The monoisotopic (exact) mass is 321 g/mol. The standard InChI is InChI=1S/C14H16BrN3O/c1-8-9(2)17-14(18-13(8)16-3)11-7-10(19-4)5-6-12(11)15/h5-7H,1-4H3,(H,16,17,18). The van der Waals surface area contributed by atoms with E-state index in [0.29, 0.717) is 5.82 Å². The first-order valence-corrected chi connectivity index (χ1v) is 6.73. The van der Waals surface area contributed by atoms with E-state index in [1.807, 2.05) is 39.1 Å². The molecule has 19 heavy (non-hydrogen) atoms. The van der Waals surface area contributed by atoms with E-state index in [-0.39, 0.29) is 0 Å². The van der Waals surface area contributed by atoms with Crippen LogP contribution in [-0.2, 0) is 0 Å². The van der Waals surface area contributed by atoms with Crippen molar-refractivity contribution >= 4 is 21.7 Å². The number of nitrogens with one attached hydrogen (secondary N) is 1. The van der Waals surface area contributed by atoms with Gasteiger partial charge >= 0.3 is 0 Å². The summed E-state index contributed by atoms with van der Waals surface area (Å²) >= 11 is 3.53. The van der Waals surface area contributed by atoms with Gasteiger partial charge in [-0.15, -0.1) is 0 Å². The lowest BCUT2D eigenvalue weighted by Crippen LogP contribution is -2.03. The van der Waals surface area contributed by atoms with Gasteiger partial charge in [0.1, 0.15) is 11.6 Å². The zero-order valence-electron chi connectivity index (χ0n) is 11.4. The van der Waals surface area contributed by atoms with Gasteiger partial charge in [0.25, 0.3) is 0 Å². The van der Waals surface area contributed by atoms with Crippen molar-refractivity contribution in [2.45, 2.75) is 13.8 Å². The predicted molar refractivity (Wildman–Crippen MR) is 80.7 cm³/mol. The lowest BCUT2D eigenvalue weighted by atomic mass is 10.1. The third-order valence-electron chi connectivity index (χ3n) is 3.04. The van der Waals surface area contributed by atoms with Crippen LogP contribution >= 0.6 is 15.9 Å². The highest BCUT2D eigenvalue weighted by atomic mass is 79.9. The molecule has 0 spiro atoms. The molecule has 0 atom stereocenters. The summed E-state index contributed by atoms with van der Waals surface area (Å²) in [5.41, 5.74) is 2.94. The summed E-state index contributed by atoms with van der Waals surface area (Å²) in [6, 6.07) is 5.76. The van der Waals surface area contributed by atoms with Crippen LogP contribution in [-0.4, -0.2) is 24.1 Å². The molecule has 0 saturated carbocycles. The van der Waals surface area contributed by atoms with Crippen LogP contribution in [0.1, 0.15) is 11.3 Å². The normalized spacial score (nSPS) is 10.4. The number of aromatic nitrogens is 2. The quantitative estimate of drug-likeness (QED) is 0.938. The largest absolute Gasteiger partial charge is 0.497 e. The molecule has 0 aliphatic carbocycles. The molecule has 4 nitrogen and oxygen atoms in total. The number of hydrogen-bond acceptors (Lipinski definition) is 4. The molecular formula is C14H16BrN3O. The Balaban J connectivity index is 2.61. The maximum absolute atomic E-state index is 5.25. The van der Waals surface area contributed by atoms with Gasteiger partial charge in [-0.25, -0.2) is 9.97 Å². The van der Waals surface area contributed by atoms with Crippen molar-refractivity contribution in [1.82, 2.24) is 9.97 Å². The Morgan fingerprint density at radius 3 is 2.58 bits per heavy atom. The summed E-state index contributed by atoms with van der Waals surface area (Å²) in [5, 5.41) is 3.10. The molecule has 1 N–H and O–H groups in total. The molecule has 0 aliphatic heterocycles. The zero-order chi connectivity index (χ0) is 14.0. The summed E-state index contributed by atoms with van der Waals surface area (Å²) in [5.74, 6) is 2.31. The van der Waals surface area contributed by atoms with Gasteiger partial charge in [-0.05, 0) is 32.0 Å². The topological polar surface area (TPSA) is 47.0 Å². The first-order valence-electron chi connectivity index (χ1n) is 5.93. The van der Waals surface area contributed by atoms with Crippen LogP contribution in [0.4, 0.5) is 5.82 Å². The van der Waals surface area contributed by atoms with Crippen LogP contribution < -0.4 is 10.1 Å². The molecule has 0 saturated heterocycles. The third-order valence-corrected chi connectivity index (χ3v) is 3.73. The van der Waals surface area contributed by atoms with Crippen LogP contribution in [0.2, 0.25) is 0 Å². The SMILES string of the molecule is CNc1nc(-c2cc(OC)ccc2Br)nc(C)c1C. The van der Waals surface area contributed by atoms with E-state index >= 15 is 0 Å². The van der Waals surface area contributed by atoms with E-state index in [1.165, 1.54) is 0 Å². The average Bonchev–Trinajstić information content (AvgIpc) is 2.42. The van der Waals surface area contributed by atoms with Crippen molar-refractivity contribution in [3.63, 3.8) is 0 Å². The molecule has 0 aliphatic rings. The summed E-state index contributed by atoms with van der Waals surface area (Å²) in [7, 11) is 3.51. The van der Waals surface area contributed by atoms with Crippen LogP contribution in [0, 0.1) is 13.8 Å². The predicted octanol–water partition coefficient (Wildman–Crippen LogP) is 3.57. The highest BCUT2D eigenvalue weighted by molar-refractivity contribution is 9.10. The van der Waals surface area contributed by atoms with E-state index in [2.05, 4.69) is 31.2 Å². The molecule has 100 valence electrons. The smallest absolute Gasteiger partial charge is 0.163 e. The minimum absolute atomic E-state index is 0.679. The Hall–Kier alpha value is -1.62. The van der Waals surface area contributed by atoms with Crippen LogP contribution in [0.25, 0.3) is 11.4 Å². The van der Waals surface area contributed by atoms with Crippen LogP contribution in [0.15, 0.2) is 22.7 Å². The molecule has 0 fully saturated rings. The van der Waals surface area contributed by atoms with Gasteiger partial charge in [0.05, 0.1) is 7.11 Å². The van der Waals surface area contributed by atoms with Crippen molar-refractivity contribution in [2.24, 2.45) is 0 Å². The second kappa shape index (κ2) is 5.57. The average molecular weight is 322 g/mol. The molecule has 1 heterocycles. The Labute approximate surface area is 121 Å². The molecule has 5 heteroatoms. The minimum Gasteiger partial charge on any atom is -0.497 e. The number of hydrogen-bond donors (Lipinski definition) is 1. The lowest BCUT2D eigenvalue weighted by Gasteiger charge is -2.11. The van der Waals surface area contributed by atoms with Crippen molar-refractivity contribution in [3.05, 3.63) is 33.9 Å². The maximum atomic E-state index is 5.25. The number of rotatable bonds is 3. The molecule has 1 aromatic heterocycles. The van der Waals surface area contributed by atoms with Crippen LogP contribution in [0.5, 0.6) is 5.75 Å². The lowest BCUT2D eigenvalue weighted by molar-refractivity contribution is 0.415. The number of methoxy groups -OCH3 is 1. The van der Waals surface area contributed by atoms with Crippen molar-refractivity contribution in [3.8, 4) is 17.1 Å². The van der Waals surface area contributed by atoms with E-state index in [4.69, 9.17) is 4.74 Å². The Morgan fingerprint density at radius 2 is 1.95 bits per heavy atom. The van der Waals surface area contributed by atoms with Gasteiger partial charge in [-0.1, -0.05) is 15.9 Å². The zero-order valence-corrected chi connectivity index (χ0v) is 13.0. The van der Waals surface area contributed by atoms with Crippen molar-refractivity contribution in [2.75, 3.05) is 19.5 Å². The van der Waals surface area contributed by atoms with E-state index < -0.39 is 0 Å². The highest BCUT2D eigenvalue weighted by Gasteiger charge is 2.12. The van der Waals surface area contributed by atoms with Gasteiger partial charge in [0.15, 0.2) is 5.82 Å². The van der Waals surface area contributed by atoms with Crippen LogP contribution in [0.3, 0.4) is 0 Å². The van der Waals surface area contributed by atoms with Gasteiger partial charge in [0, 0.05) is 28.3 Å². The second-order valence-corrected chi connectivity index (χ2v) is 5.06. The Kier molecular flexibility index (Phi) is 4.04. The second-order valence-electron chi connectivity index (χ2n) is 4.20. The van der Waals surface area contributed by atoms with Gasteiger partial charge in [-0.3, -0.25) is 0 Å². The molecule has 2 rings (SSSR count). The van der Waals surface area contributed by atoms with E-state index in [0.717, 1.165) is 32.9 Å². The van der Waals surface area contributed by atoms with Crippen molar-refractivity contribution in [1.29, 1.82) is 0 Å². The number of nitrogens with zero attached hydrogens (tertiary/aromatic N) is 2. The highest BCUT2D eigenvalue weighted by Crippen LogP contribution is 2.31. The summed E-state index contributed by atoms with van der Waals surface area (Å²) in [4.78, 5) is 9.10. The molecule has 0 amide bonds. The number of halogens is 1.